The van der Waals surface area contributed by atoms with Gasteiger partial charge >= 0.3 is 0 Å². The number of nitrogens with one attached hydrogen (secondary N) is 2. The zero-order valence-corrected chi connectivity index (χ0v) is 20.8. The summed E-state index contributed by atoms with van der Waals surface area (Å²) in [6, 6.07) is 12.7. The molecule has 0 spiro atoms. The molecule has 8 nitrogen and oxygen atoms in total. The molecule has 1 fully saturated rings. The lowest BCUT2D eigenvalue weighted by Gasteiger charge is -2.43. The number of aryl methyl sites for hydroxylation is 1. The van der Waals surface area contributed by atoms with Crippen LogP contribution in [0.2, 0.25) is 0 Å². The Morgan fingerprint density at radius 2 is 1.95 bits per heavy atom. The highest BCUT2D eigenvalue weighted by molar-refractivity contribution is 6.08. The quantitative estimate of drug-likeness (QED) is 0.310. The van der Waals surface area contributed by atoms with Crippen LogP contribution >= 0.6 is 0 Å². The summed E-state index contributed by atoms with van der Waals surface area (Å²) in [7, 11) is 1.89. The van der Waals surface area contributed by atoms with E-state index in [0.717, 1.165) is 29.8 Å². The van der Waals surface area contributed by atoms with Crippen LogP contribution in [0.25, 0.3) is 33.4 Å². The van der Waals surface area contributed by atoms with E-state index >= 15 is 4.39 Å². The SMILES string of the molecule is C=CC(=O)Nc1ccc(-c2c(-c3ccc(C4(NCCC)COC4)c(F)c3)c3c(N)ncnc3n2C)cc1. The number of hydrogen-bond donors (Lipinski definition) is 3. The maximum absolute atomic E-state index is 15.7. The van der Waals surface area contributed by atoms with E-state index in [4.69, 9.17) is 10.5 Å². The number of anilines is 2. The lowest BCUT2D eigenvalue weighted by atomic mass is 9.86. The molecule has 190 valence electrons. The number of hydrogen-bond acceptors (Lipinski definition) is 6. The molecule has 3 heterocycles. The number of ether oxygens (including phenoxy) is 1. The van der Waals surface area contributed by atoms with E-state index in [1.807, 2.05) is 35.9 Å². The third kappa shape index (κ3) is 4.26. The summed E-state index contributed by atoms with van der Waals surface area (Å²) in [6.07, 6.45) is 3.58. The van der Waals surface area contributed by atoms with Crippen LogP contribution in [0.15, 0.2) is 61.4 Å². The fourth-order valence-corrected chi connectivity index (χ4v) is 4.88. The number of carbonyl (C=O) groups is 1. The summed E-state index contributed by atoms with van der Waals surface area (Å²) < 4.78 is 23.1. The Balaban J connectivity index is 1.65. The van der Waals surface area contributed by atoms with Gasteiger partial charge in [0, 0.05) is 23.9 Å². The van der Waals surface area contributed by atoms with Crippen LogP contribution in [0.5, 0.6) is 0 Å². The predicted octanol–water partition coefficient (Wildman–Crippen LogP) is 4.37. The Hall–Kier alpha value is -4.08. The molecule has 4 N–H and O–H groups in total. The van der Waals surface area contributed by atoms with Gasteiger partial charge in [-0.1, -0.05) is 37.8 Å². The number of halogens is 1. The van der Waals surface area contributed by atoms with Crippen molar-refractivity contribution in [3.8, 4) is 22.4 Å². The number of rotatable bonds is 8. The first-order valence-corrected chi connectivity index (χ1v) is 12.1. The molecule has 1 aliphatic rings. The highest BCUT2D eigenvalue weighted by Gasteiger charge is 2.41. The van der Waals surface area contributed by atoms with E-state index in [0.29, 0.717) is 46.9 Å². The van der Waals surface area contributed by atoms with Crippen LogP contribution in [0.4, 0.5) is 15.9 Å². The molecule has 1 amide bonds. The zero-order valence-electron chi connectivity index (χ0n) is 20.8. The third-order valence-electron chi connectivity index (χ3n) is 6.79. The Bertz CT molecular complexity index is 1490. The van der Waals surface area contributed by atoms with Crippen LogP contribution in [-0.2, 0) is 22.1 Å². The van der Waals surface area contributed by atoms with Crippen molar-refractivity contribution in [2.75, 3.05) is 30.8 Å². The van der Waals surface area contributed by atoms with Crippen molar-refractivity contribution < 1.29 is 13.9 Å². The van der Waals surface area contributed by atoms with E-state index in [1.54, 1.807) is 18.2 Å². The monoisotopic (exact) mass is 500 g/mol. The Morgan fingerprint density at radius 1 is 1.22 bits per heavy atom. The topological polar surface area (TPSA) is 107 Å². The summed E-state index contributed by atoms with van der Waals surface area (Å²) in [4.78, 5) is 20.4. The summed E-state index contributed by atoms with van der Waals surface area (Å²) >= 11 is 0. The van der Waals surface area contributed by atoms with Crippen molar-refractivity contribution in [2.45, 2.75) is 18.9 Å². The van der Waals surface area contributed by atoms with E-state index < -0.39 is 5.54 Å². The molecular formula is C28H29FN6O2. The van der Waals surface area contributed by atoms with Gasteiger partial charge in [0.25, 0.3) is 0 Å². The fourth-order valence-electron chi connectivity index (χ4n) is 4.88. The van der Waals surface area contributed by atoms with E-state index in [2.05, 4.69) is 34.1 Å². The number of nitrogens with zero attached hydrogens (tertiary/aromatic N) is 3. The van der Waals surface area contributed by atoms with Crippen LogP contribution in [-0.4, -0.2) is 40.2 Å². The smallest absolute Gasteiger partial charge is 0.247 e. The van der Waals surface area contributed by atoms with Gasteiger partial charge in [0.2, 0.25) is 5.91 Å². The molecule has 4 aromatic rings. The number of fused-ring (bicyclic) bond motifs is 1. The van der Waals surface area contributed by atoms with Gasteiger partial charge < -0.3 is 25.7 Å². The van der Waals surface area contributed by atoms with Gasteiger partial charge in [-0.2, -0.15) is 0 Å². The summed E-state index contributed by atoms with van der Waals surface area (Å²) in [5.41, 5.74) is 10.7. The molecule has 1 saturated heterocycles. The first-order valence-electron chi connectivity index (χ1n) is 12.1. The van der Waals surface area contributed by atoms with Crippen LogP contribution in [0.3, 0.4) is 0 Å². The number of benzene rings is 2. The van der Waals surface area contributed by atoms with Gasteiger partial charge in [-0.15, -0.1) is 0 Å². The summed E-state index contributed by atoms with van der Waals surface area (Å²) in [6.45, 7) is 7.19. The Kier molecular flexibility index (Phi) is 6.49. The number of nitrogen functional groups attached to an aromatic ring is 1. The normalized spacial score (nSPS) is 14.4. The third-order valence-corrected chi connectivity index (χ3v) is 6.79. The second-order valence-corrected chi connectivity index (χ2v) is 9.21. The highest BCUT2D eigenvalue weighted by Crippen LogP contribution is 2.43. The van der Waals surface area contributed by atoms with E-state index in [-0.39, 0.29) is 11.7 Å². The number of carbonyl (C=O) groups excluding carboxylic acids is 1. The highest BCUT2D eigenvalue weighted by atomic mass is 19.1. The van der Waals surface area contributed by atoms with Gasteiger partial charge in [0.15, 0.2) is 0 Å². The molecule has 2 aromatic carbocycles. The molecule has 0 aliphatic carbocycles. The standard InChI is InChI=1S/C28H29FN6O2/c1-4-12-33-28(14-37-15-28)20-11-8-18(13-21(20)29)23-24-26(30)31-16-32-27(24)35(3)25(23)17-6-9-19(10-7-17)34-22(36)5-2/h5-11,13,16,33H,2,4,12,14-15H2,1,3H3,(H,34,36)(H2,30,31,32). The molecular weight excluding hydrogens is 471 g/mol. The minimum atomic E-state index is -0.520. The first kappa shape index (κ1) is 24.6. The Morgan fingerprint density at radius 3 is 2.57 bits per heavy atom. The maximum Gasteiger partial charge on any atom is 0.247 e. The molecule has 5 rings (SSSR count). The molecule has 0 saturated carbocycles. The van der Waals surface area contributed by atoms with Crippen molar-refractivity contribution >= 4 is 28.4 Å². The lowest BCUT2D eigenvalue weighted by molar-refractivity contribution is -0.111. The average Bonchev–Trinajstić information content (AvgIpc) is 3.18. The molecule has 0 unspecified atom stereocenters. The second kappa shape index (κ2) is 9.76. The first-order chi connectivity index (χ1) is 17.9. The fraction of sp³-hybridized carbons (Fsp3) is 0.250. The van der Waals surface area contributed by atoms with Gasteiger partial charge in [0.1, 0.15) is 23.6 Å². The van der Waals surface area contributed by atoms with Gasteiger partial charge in [-0.25, -0.2) is 14.4 Å². The molecule has 0 radical (unpaired) electrons. The molecule has 9 heteroatoms. The zero-order chi connectivity index (χ0) is 26.2. The second-order valence-electron chi connectivity index (χ2n) is 9.21. The van der Waals surface area contributed by atoms with Gasteiger partial charge in [0.05, 0.1) is 29.8 Å². The molecule has 0 bridgehead atoms. The largest absolute Gasteiger partial charge is 0.383 e. The van der Waals surface area contributed by atoms with Crippen molar-refractivity contribution in [1.29, 1.82) is 0 Å². The molecule has 37 heavy (non-hydrogen) atoms. The number of nitrogens with two attached hydrogens (primary N) is 1. The van der Waals surface area contributed by atoms with E-state index in [9.17, 15) is 4.79 Å². The van der Waals surface area contributed by atoms with Crippen LogP contribution in [0.1, 0.15) is 18.9 Å². The maximum atomic E-state index is 15.7. The van der Waals surface area contributed by atoms with Crippen molar-refractivity contribution in [3.63, 3.8) is 0 Å². The number of amides is 1. The van der Waals surface area contributed by atoms with Gasteiger partial charge in [-0.3, -0.25) is 4.79 Å². The predicted molar refractivity (Wildman–Crippen MR) is 143 cm³/mol. The molecule has 1 aliphatic heterocycles. The Labute approximate surface area is 214 Å². The molecule has 0 atom stereocenters. The van der Waals surface area contributed by atoms with Crippen molar-refractivity contribution in [3.05, 3.63) is 72.8 Å². The summed E-state index contributed by atoms with van der Waals surface area (Å²) in [5.74, 6) is -0.292. The summed E-state index contributed by atoms with van der Waals surface area (Å²) in [5, 5.41) is 6.86. The van der Waals surface area contributed by atoms with Crippen LogP contribution < -0.4 is 16.4 Å². The van der Waals surface area contributed by atoms with Crippen molar-refractivity contribution in [1.82, 2.24) is 19.9 Å². The van der Waals surface area contributed by atoms with Crippen LogP contribution in [0, 0.1) is 5.82 Å². The minimum absolute atomic E-state index is 0.292. The average molecular weight is 501 g/mol. The molecule has 2 aromatic heterocycles. The minimum Gasteiger partial charge on any atom is -0.383 e. The number of aromatic nitrogens is 3. The van der Waals surface area contributed by atoms with Gasteiger partial charge in [-0.05, 0) is 48.4 Å². The van der Waals surface area contributed by atoms with E-state index in [1.165, 1.54) is 12.4 Å². The van der Waals surface area contributed by atoms with Crippen molar-refractivity contribution in [2.24, 2.45) is 7.05 Å². The lowest BCUT2D eigenvalue weighted by Crippen LogP contribution is -2.58.